The van der Waals surface area contributed by atoms with E-state index < -0.39 is 0 Å². The van der Waals surface area contributed by atoms with Gasteiger partial charge >= 0.3 is 0 Å². The molecule has 3 heteroatoms. The van der Waals surface area contributed by atoms with Crippen LogP contribution < -0.4 is 10.6 Å². The van der Waals surface area contributed by atoms with E-state index >= 15 is 0 Å². The average molecular weight is 214 g/mol. The van der Waals surface area contributed by atoms with Gasteiger partial charge in [-0.25, -0.2) is 0 Å². The molecule has 0 aliphatic carbocycles. The van der Waals surface area contributed by atoms with Crippen molar-refractivity contribution in [1.29, 1.82) is 0 Å². The molecule has 0 saturated carbocycles. The van der Waals surface area contributed by atoms with Gasteiger partial charge in [0.15, 0.2) is 0 Å². The summed E-state index contributed by atoms with van der Waals surface area (Å²) in [5.74, 6) is 0.599. The van der Waals surface area contributed by atoms with E-state index in [1.54, 1.807) is 0 Å². The Morgan fingerprint density at radius 3 is 2.40 bits per heavy atom. The summed E-state index contributed by atoms with van der Waals surface area (Å²) in [4.78, 5) is 11.4. The standard InChI is InChI=1S/C12H26N2O/c1-5-6-7-8-13-9-12(15)14-11(4)10(2)3/h10-11,13H,5-9H2,1-4H3,(H,14,15). The number of carbonyl (C=O) groups is 1. The Hall–Kier alpha value is -0.570. The molecular formula is C12H26N2O. The Kier molecular flexibility index (Phi) is 8.38. The lowest BCUT2D eigenvalue weighted by Gasteiger charge is -2.17. The lowest BCUT2D eigenvalue weighted by atomic mass is 10.1. The summed E-state index contributed by atoms with van der Waals surface area (Å²) in [5, 5.41) is 6.12. The van der Waals surface area contributed by atoms with Crippen LogP contribution in [0.4, 0.5) is 0 Å². The van der Waals surface area contributed by atoms with E-state index in [9.17, 15) is 4.79 Å². The fourth-order valence-corrected chi connectivity index (χ4v) is 1.17. The summed E-state index contributed by atoms with van der Waals surface area (Å²) >= 11 is 0. The Labute approximate surface area is 94.0 Å². The Morgan fingerprint density at radius 1 is 1.20 bits per heavy atom. The third kappa shape index (κ3) is 8.43. The van der Waals surface area contributed by atoms with Gasteiger partial charge in [-0.3, -0.25) is 4.79 Å². The summed E-state index contributed by atoms with van der Waals surface area (Å²) in [7, 11) is 0. The Balaban J connectivity index is 3.41. The molecule has 1 amide bonds. The molecule has 3 nitrogen and oxygen atoms in total. The van der Waals surface area contributed by atoms with E-state index in [1.807, 2.05) is 6.92 Å². The van der Waals surface area contributed by atoms with E-state index in [-0.39, 0.29) is 11.9 Å². The fourth-order valence-electron chi connectivity index (χ4n) is 1.17. The van der Waals surface area contributed by atoms with Crippen molar-refractivity contribution < 1.29 is 4.79 Å². The van der Waals surface area contributed by atoms with Gasteiger partial charge in [-0.2, -0.15) is 0 Å². The molecule has 0 rings (SSSR count). The van der Waals surface area contributed by atoms with Crippen molar-refractivity contribution in [2.75, 3.05) is 13.1 Å². The molecule has 1 atom stereocenters. The molecule has 0 spiro atoms. The van der Waals surface area contributed by atoms with E-state index in [2.05, 4.69) is 31.4 Å². The van der Waals surface area contributed by atoms with Crippen molar-refractivity contribution in [3.63, 3.8) is 0 Å². The van der Waals surface area contributed by atoms with Crippen LogP contribution in [0.3, 0.4) is 0 Å². The second kappa shape index (κ2) is 8.72. The highest BCUT2D eigenvalue weighted by atomic mass is 16.1. The smallest absolute Gasteiger partial charge is 0.234 e. The lowest BCUT2D eigenvalue weighted by molar-refractivity contribution is -0.121. The first-order valence-electron chi connectivity index (χ1n) is 6.08. The van der Waals surface area contributed by atoms with Crippen LogP contribution >= 0.6 is 0 Å². The molecule has 1 unspecified atom stereocenters. The Morgan fingerprint density at radius 2 is 1.87 bits per heavy atom. The van der Waals surface area contributed by atoms with Gasteiger partial charge in [0, 0.05) is 6.04 Å². The zero-order valence-electron chi connectivity index (χ0n) is 10.6. The van der Waals surface area contributed by atoms with Gasteiger partial charge in [0.05, 0.1) is 6.54 Å². The maximum Gasteiger partial charge on any atom is 0.234 e. The van der Waals surface area contributed by atoms with Gasteiger partial charge in [0.1, 0.15) is 0 Å². The van der Waals surface area contributed by atoms with Crippen LogP contribution in [0.15, 0.2) is 0 Å². The predicted octanol–water partition coefficient (Wildman–Crippen LogP) is 1.93. The molecule has 0 aromatic heterocycles. The highest BCUT2D eigenvalue weighted by Gasteiger charge is 2.09. The maximum atomic E-state index is 11.4. The van der Waals surface area contributed by atoms with E-state index in [4.69, 9.17) is 0 Å². The zero-order valence-corrected chi connectivity index (χ0v) is 10.6. The number of hydrogen-bond acceptors (Lipinski definition) is 2. The molecule has 0 fully saturated rings. The predicted molar refractivity (Wildman–Crippen MR) is 64.8 cm³/mol. The summed E-state index contributed by atoms with van der Waals surface area (Å²) in [6.45, 7) is 9.83. The molecule has 0 saturated heterocycles. The second-order valence-corrected chi connectivity index (χ2v) is 4.48. The van der Waals surface area contributed by atoms with Crippen LogP contribution in [0.1, 0.15) is 47.0 Å². The van der Waals surface area contributed by atoms with Crippen LogP contribution in [0.5, 0.6) is 0 Å². The molecule has 90 valence electrons. The van der Waals surface area contributed by atoms with Crippen molar-refractivity contribution >= 4 is 5.91 Å². The molecule has 0 bridgehead atoms. The number of hydrogen-bond donors (Lipinski definition) is 2. The monoisotopic (exact) mass is 214 g/mol. The minimum atomic E-state index is 0.104. The normalized spacial score (nSPS) is 12.9. The Bertz CT molecular complexity index is 169. The summed E-state index contributed by atoms with van der Waals surface area (Å²) in [6, 6.07) is 0.259. The van der Waals surface area contributed by atoms with E-state index in [0.717, 1.165) is 13.0 Å². The number of unbranched alkanes of at least 4 members (excludes halogenated alkanes) is 2. The molecule has 0 aliphatic rings. The van der Waals surface area contributed by atoms with Crippen LogP contribution in [0.2, 0.25) is 0 Å². The van der Waals surface area contributed by atoms with Gasteiger partial charge in [-0.1, -0.05) is 33.6 Å². The molecule has 2 N–H and O–H groups in total. The van der Waals surface area contributed by atoms with Gasteiger partial charge in [-0.15, -0.1) is 0 Å². The van der Waals surface area contributed by atoms with Crippen LogP contribution in [-0.4, -0.2) is 25.0 Å². The maximum absolute atomic E-state index is 11.4. The molecule has 0 radical (unpaired) electrons. The third-order valence-corrected chi connectivity index (χ3v) is 2.63. The van der Waals surface area contributed by atoms with Gasteiger partial charge < -0.3 is 10.6 Å². The van der Waals surface area contributed by atoms with Crippen LogP contribution in [0.25, 0.3) is 0 Å². The SMILES string of the molecule is CCCCCNCC(=O)NC(C)C(C)C. The number of amides is 1. The minimum absolute atomic E-state index is 0.104. The largest absolute Gasteiger partial charge is 0.352 e. The van der Waals surface area contributed by atoms with Gasteiger partial charge in [0.25, 0.3) is 0 Å². The summed E-state index contributed by atoms with van der Waals surface area (Å²) < 4.78 is 0. The van der Waals surface area contributed by atoms with Crippen molar-refractivity contribution in [2.24, 2.45) is 5.92 Å². The number of carbonyl (C=O) groups excluding carboxylic acids is 1. The highest BCUT2D eigenvalue weighted by Crippen LogP contribution is 1.98. The quantitative estimate of drug-likeness (QED) is 0.606. The summed E-state index contributed by atoms with van der Waals surface area (Å²) in [6.07, 6.45) is 3.61. The second-order valence-electron chi connectivity index (χ2n) is 4.48. The van der Waals surface area contributed by atoms with Crippen LogP contribution in [-0.2, 0) is 4.79 Å². The number of rotatable bonds is 8. The number of nitrogens with one attached hydrogen (secondary N) is 2. The zero-order chi connectivity index (χ0) is 11.7. The minimum Gasteiger partial charge on any atom is -0.352 e. The highest BCUT2D eigenvalue weighted by molar-refractivity contribution is 5.78. The molecular weight excluding hydrogens is 188 g/mol. The third-order valence-electron chi connectivity index (χ3n) is 2.63. The lowest BCUT2D eigenvalue weighted by Crippen LogP contribution is -2.41. The average Bonchev–Trinajstić information content (AvgIpc) is 2.17. The topological polar surface area (TPSA) is 41.1 Å². The first-order chi connectivity index (χ1) is 7.07. The molecule has 0 aromatic carbocycles. The van der Waals surface area contributed by atoms with Gasteiger partial charge in [0.2, 0.25) is 5.91 Å². The summed E-state index contributed by atoms with van der Waals surface area (Å²) in [5.41, 5.74) is 0. The first kappa shape index (κ1) is 14.4. The van der Waals surface area contributed by atoms with Gasteiger partial charge in [-0.05, 0) is 25.8 Å². The van der Waals surface area contributed by atoms with Crippen molar-refractivity contribution in [2.45, 2.75) is 53.0 Å². The molecule has 0 aliphatic heterocycles. The van der Waals surface area contributed by atoms with Crippen LogP contribution in [0, 0.1) is 5.92 Å². The van der Waals surface area contributed by atoms with E-state index in [1.165, 1.54) is 12.8 Å². The van der Waals surface area contributed by atoms with E-state index in [0.29, 0.717) is 12.5 Å². The van der Waals surface area contributed by atoms with Crippen molar-refractivity contribution in [3.8, 4) is 0 Å². The molecule has 0 aromatic rings. The molecule has 15 heavy (non-hydrogen) atoms. The first-order valence-corrected chi connectivity index (χ1v) is 6.08. The fraction of sp³-hybridized carbons (Fsp3) is 0.917. The van der Waals surface area contributed by atoms with Crippen molar-refractivity contribution in [3.05, 3.63) is 0 Å². The molecule has 0 heterocycles. The van der Waals surface area contributed by atoms with Crippen molar-refractivity contribution in [1.82, 2.24) is 10.6 Å².